The van der Waals surface area contributed by atoms with Gasteiger partial charge in [0.1, 0.15) is 17.3 Å². The van der Waals surface area contributed by atoms with Crippen molar-refractivity contribution in [3.63, 3.8) is 0 Å². The lowest BCUT2D eigenvalue weighted by Gasteiger charge is -2.11. The van der Waals surface area contributed by atoms with Crippen molar-refractivity contribution < 1.29 is 8.78 Å². The molecule has 0 spiro atoms. The molecule has 0 amide bonds. The highest BCUT2D eigenvalue weighted by Crippen LogP contribution is 2.31. The molecule has 0 saturated carbocycles. The lowest BCUT2D eigenvalue weighted by Crippen LogP contribution is -2.00. The SMILES string of the molecule is CC(C)c1[c]c(-c2ccc(F)cc2)c(-c2ccc(F)cc2)nn1. The van der Waals surface area contributed by atoms with E-state index in [4.69, 9.17) is 0 Å². The highest BCUT2D eigenvalue weighted by molar-refractivity contribution is 5.80. The zero-order chi connectivity index (χ0) is 16.4. The third-order valence-electron chi connectivity index (χ3n) is 3.55. The topological polar surface area (TPSA) is 25.8 Å². The van der Waals surface area contributed by atoms with Crippen molar-refractivity contribution in [3.8, 4) is 22.4 Å². The third-order valence-corrected chi connectivity index (χ3v) is 3.55. The van der Waals surface area contributed by atoms with E-state index in [1.807, 2.05) is 13.8 Å². The molecule has 0 bridgehead atoms. The van der Waals surface area contributed by atoms with Crippen LogP contribution >= 0.6 is 0 Å². The van der Waals surface area contributed by atoms with Crippen LogP contribution in [0.5, 0.6) is 0 Å². The second-order valence-electron chi connectivity index (χ2n) is 5.60. The Morgan fingerprint density at radius 1 is 0.783 bits per heavy atom. The Labute approximate surface area is 133 Å². The van der Waals surface area contributed by atoms with Gasteiger partial charge in [0.15, 0.2) is 0 Å². The fraction of sp³-hybridized carbons (Fsp3) is 0.158. The van der Waals surface area contributed by atoms with Gasteiger partial charge < -0.3 is 0 Å². The third kappa shape index (κ3) is 3.26. The lowest BCUT2D eigenvalue weighted by atomic mass is 9.97. The van der Waals surface area contributed by atoms with Gasteiger partial charge in [0.25, 0.3) is 0 Å². The summed E-state index contributed by atoms with van der Waals surface area (Å²) < 4.78 is 26.4. The summed E-state index contributed by atoms with van der Waals surface area (Å²) in [6.45, 7) is 4.01. The molecule has 3 rings (SSSR count). The Morgan fingerprint density at radius 2 is 1.30 bits per heavy atom. The molecule has 1 radical (unpaired) electrons. The Kier molecular flexibility index (Phi) is 4.15. The zero-order valence-corrected chi connectivity index (χ0v) is 12.8. The summed E-state index contributed by atoms with van der Waals surface area (Å²) in [4.78, 5) is 0. The van der Waals surface area contributed by atoms with E-state index in [2.05, 4.69) is 16.3 Å². The number of nitrogens with zero attached hydrogens (tertiary/aromatic N) is 2. The molecule has 3 aromatic rings. The van der Waals surface area contributed by atoms with Gasteiger partial charge in [-0.05, 0) is 47.9 Å². The van der Waals surface area contributed by atoms with Crippen LogP contribution in [0.1, 0.15) is 25.5 Å². The smallest absolute Gasteiger partial charge is 0.123 e. The second-order valence-corrected chi connectivity index (χ2v) is 5.60. The summed E-state index contributed by atoms with van der Waals surface area (Å²) in [6.07, 6.45) is 0. The van der Waals surface area contributed by atoms with E-state index in [1.165, 1.54) is 24.3 Å². The van der Waals surface area contributed by atoms with E-state index >= 15 is 0 Å². The maximum absolute atomic E-state index is 13.2. The van der Waals surface area contributed by atoms with Gasteiger partial charge in [-0.1, -0.05) is 26.0 Å². The monoisotopic (exact) mass is 309 g/mol. The van der Waals surface area contributed by atoms with Gasteiger partial charge in [-0.2, -0.15) is 5.10 Å². The molecule has 2 aromatic carbocycles. The number of hydrogen-bond acceptors (Lipinski definition) is 2. The van der Waals surface area contributed by atoms with Crippen molar-refractivity contribution in [1.29, 1.82) is 0 Å². The first-order valence-corrected chi connectivity index (χ1v) is 7.36. The maximum atomic E-state index is 13.2. The highest BCUT2D eigenvalue weighted by atomic mass is 19.1. The summed E-state index contributed by atoms with van der Waals surface area (Å²) in [5.74, 6) is -0.444. The first-order chi connectivity index (χ1) is 11.0. The fourth-order valence-electron chi connectivity index (χ4n) is 2.26. The van der Waals surface area contributed by atoms with Crippen molar-refractivity contribution in [1.82, 2.24) is 10.2 Å². The van der Waals surface area contributed by atoms with Crippen LogP contribution in [0.15, 0.2) is 48.5 Å². The van der Waals surface area contributed by atoms with E-state index < -0.39 is 0 Å². The van der Waals surface area contributed by atoms with Crippen LogP contribution in [0.3, 0.4) is 0 Å². The van der Waals surface area contributed by atoms with Gasteiger partial charge in [0, 0.05) is 17.2 Å². The Morgan fingerprint density at radius 3 is 1.83 bits per heavy atom. The van der Waals surface area contributed by atoms with Crippen molar-refractivity contribution in [2.45, 2.75) is 19.8 Å². The van der Waals surface area contributed by atoms with Crippen LogP contribution < -0.4 is 0 Å². The van der Waals surface area contributed by atoms with Crippen LogP contribution in [0.2, 0.25) is 0 Å². The van der Waals surface area contributed by atoms with E-state index in [0.717, 1.165) is 22.4 Å². The minimum absolute atomic E-state index is 0.170. The van der Waals surface area contributed by atoms with Gasteiger partial charge in [-0.25, -0.2) is 8.78 Å². The summed E-state index contributed by atoms with van der Waals surface area (Å²) in [6, 6.07) is 15.5. The molecule has 0 N–H and O–H groups in total. The summed E-state index contributed by atoms with van der Waals surface area (Å²) in [5, 5.41) is 8.51. The van der Waals surface area contributed by atoms with E-state index in [9.17, 15) is 8.78 Å². The zero-order valence-electron chi connectivity index (χ0n) is 12.8. The summed E-state index contributed by atoms with van der Waals surface area (Å²) >= 11 is 0. The Hall–Kier alpha value is -2.62. The molecule has 0 atom stereocenters. The van der Waals surface area contributed by atoms with Gasteiger partial charge >= 0.3 is 0 Å². The molecule has 0 unspecified atom stereocenters. The van der Waals surface area contributed by atoms with Gasteiger partial charge in [-0.3, -0.25) is 0 Å². The largest absolute Gasteiger partial charge is 0.207 e. The molecule has 1 heterocycles. The van der Waals surface area contributed by atoms with Crippen LogP contribution in [0.25, 0.3) is 22.4 Å². The van der Waals surface area contributed by atoms with Crippen LogP contribution in [-0.4, -0.2) is 10.2 Å². The molecule has 23 heavy (non-hydrogen) atoms. The molecule has 2 nitrogen and oxygen atoms in total. The van der Waals surface area contributed by atoms with Gasteiger partial charge in [-0.15, -0.1) is 5.10 Å². The predicted octanol–water partition coefficient (Wildman–Crippen LogP) is 5.01. The predicted molar refractivity (Wildman–Crippen MR) is 85.7 cm³/mol. The number of halogens is 2. The van der Waals surface area contributed by atoms with Crippen molar-refractivity contribution >= 4 is 0 Å². The maximum Gasteiger partial charge on any atom is 0.123 e. The average Bonchev–Trinajstić information content (AvgIpc) is 2.56. The highest BCUT2D eigenvalue weighted by Gasteiger charge is 2.14. The first kappa shape index (κ1) is 15.3. The lowest BCUT2D eigenvalue weighted by molar-refractivity contribution is 0.627. The van der Waals surface area contributed by atoms with Crippen molar-refractivity contribution in [3.05, 3.63) is 71.9 Å². The van der Waals surface area contributed by atoms with Gasteiger partial charge in [0.05, 0.1) is 5.69 Å². The van der Waals surface area contributed by atoms with E-state index in [1.54, 1.807) is 24.3 Å². The number of benzene rings is 2. The minimum atomic E-state index is -0.312. The normalized spacial score (nSPS) is 11.0. The van der Waals surface area contributed by atoms with Crippen LogP contribution in [-0.2, 0) is 0 Å². The summed E-state index contributed by atoms with van der Waals surface area (Å²) in [7, 11) is 0. The van der Waals surface area contributed by atoms with E-state index in [-0.39, 0.29) is 17.6 Å². The van der Waals surface area contributed by atoms with E-state index in [0.29, 0.717) is 5.69 Å². The number of hydrogen-bond donors (Lipinski definition) is 0. The molecule has 4 heteroatoms. The van der Waals surface area contributed by atoms with Crippen molar-refractivity contribution in [2.75, 3.05) is 0 Å². The molecule has 0 saturated heterocycles. The quantitative estimate of drug-likeness (QED) is 0.679. The molecular formula is C19H15F2N2. The summed E-state index contributed by atoms with van der Waals surface area (Å²) in [5.41, 5.74) is 3.60. The minimum Gasteiger partial charge on any atom is -0.207 e. The molecule has 0 aliphatic carbocycles. The molecule has 0 aliphatic heterocycles. The number of aromatic nitrogens is 2. The molecule has 115 valence electrons. The Balaban J connectivity index is 2.18. The molecule has 0 aliphatic rings. The van der Waals surface area contributed by atoms with Crippen LogP contribution in [0.4, 0.5) is 8.78 Å². The molecule has 1 aromatic heterocycles. The molecule has 0 fully saturated rings. The molecular weight excluding hydrogens is 294 g/mol. The fourth-order valence-corrected chi connectivity index (χ4v) is 2.26. The average molecular weight is 309 g/mol. The number of rotatable bonds is 3. The van der Waals surface area contributed by atoms with Crippen LogP contribution in [0, 0.1) is 17.7 Å². The van der Waals surface area contributed by atoms with Gasteiger partial charge in [0.2, 0.25) is 0 Å². The second kappa shape index (κ2) is 6.24. The first-order valence-electron chi connectivity index (χ1n) is 7.36. The standard InChI is InChI=1S/C19H15F2N2/c1-12(2)18-11-17(13-3-7-15(20)8-4-13)19(23-22-18)14-5-9-16(21)10-6-14/h3-10,12H,1-2H3. The van der Waals surface area contributed by atoms with Crippen molar-refractivity contribution in [2.24, 2.45) is 0 Å². The Bertz CT molecular complexity index is 810.